The van der Waals surface area contributed by atoms with Gasteiger partial charge in [-0.2, -0.15) is 0 Å². The number of pyridine rings is 1. The van der Waals surface area contributed by atoms with Gasteiger partial charge in [-0.1, -0.05) is 23.5 Å². The molecule has 3 aromatic heterocycles. The normalized spacial score (nSPS) is 10.5. The minimum atomic E-state index is -0.340. The van der Waals surface area contributed by atoms with E-state index in [-0.39, 0.29) is 11.7 Å². The molecule has 0 saturated carbocycles. The Bertz CT molecular complexity index is 1150. The Kier molecular flexibility index (Phi) is 5.17. The Morgan fingerprint density at radius 2 is 1.90 bits per heavy atom. The number of methoxy groups -OCH3 is 1. The third kappa shape index (κ3) is 3.92. The Morgan fingerprint density at radius 3 is 2.62 bits per heavy atom. The number of aromatic nitrogens is 2. The summed E-state index contributed by atoms with van der Waals surface area (Å²) in [4.78, 5) is 34.3. The van der Waals surface area contributed by atoms with E-state index >= 15 is 0 Å². The summed E-state index contributed by atoms with van der Waals surface area (Å²) in [7, 11) is 1.54. The molecule has 144 valence electrons. The van der Waals surface area contributed by atoms with Gasteiger partial charge in [0.2, 0.25) is 5.78 Å². The van der Waals surface area contributed by atoms with Crippen LogP contribution in [0.1, 0.15) is 25.6 Å². The zero-order chi connectivity index (χ0) is 20.2. The monoisotopic (exact) mass is 405 g/mol. The quantitative estimate of drug-likeness (QED) is 0.481. The van der Waals surface area contributed by atoms with E-state index in [1.54, 1.807) is 48.5 Å². The lowest BCUT2D eigenvalue weighted by molar-refractivity contribution is 0.102. The van der Waals surface area contributed by atoms with Gasteiger partial charge in [0, 0.05) is 23.5 Å². The van der Waals surface area contributed by atoms with E-state index < -0.39 is 0 Å². The number of ketones is 1. The maximum absolute atomic E-state index is 13.2. The van der Waals surface area contributed by atoms with Gasteiger partial charge >= 0.3 is 0 Å². The second-order valence-electron chi connectivity index (χ2n) is 5.93. The molecule has 0 spiro atoms. The van der Waals surface area contributed by atoms with Crippen molar-refractivity contribution < 1.29 is 18.7 Å². The highest BCUT2D eigenvalue weighted by atomic mass is 32.1. The van der Waals surface area contributed by atoms with Gasteiger partial charge in [0.25, 0.3) is 5.91 Å². The summed E-state index contributed by atoms with van der Waals surface area (Å²) in [6.07, 6.45) is 4.56. The van der Waals surface area contributed by atoms with Crippen LogP contribution in [0.5, 0.6) is 5.75 Å². The van der Waals surface area contributed by atoms with Crippen molar-refractivity contribution in [1.82, 2.24) is 9.97 Å². The van der Waals surface area contributed by atoms with Crippen molar-refractivity contribution >= 4 is 28.2 Å². The summed E-state index contributed by atoms with van der Waals surface area (Å²) >= 11 is 1.09. The van der Waals surface area contributed by atoms with Gasteiger partial charge in [-0.3, -0.25) is 19.9 Å². The third-order valence-corrected chi connectivity index (χ3v) is 5.05. The molecule has 1 N–H and O–H groups in total. The summed E-state index contributed by atoms with van der Waals surface area (Å²) in [6.45, 7) is 0. The van der Waals surface area contributed by atoms with Gasteiger partial charge in [-0.05, 0) is 36.4 Å². The second kappa shape index (κ2) is 8.07. The van der Waals surface area contributed by atoms with Gasteiger partial charge in [0.1, 0.15) is 16.3 Å². The fourth-order valence-electron chi connectivity index (χ4n) is 2.68. The maximum atomic E-state index is 13.2. The molecule has 0 bridgehead atoms. The van der Waals surface area contributed by atoms with Crippen molar-refractivity contribution in [1.29, 1.82) is 0 Å². The van der Waals surface area contributed by atoms with Crippen LogP contribution in [-0.2, 0) is 0 Å². The van der Waals surface area contributed by atoms with Crippen LogP contribution in [0.4, 0.5) is 5.13 Å². The average molecular weight is 405 g/mol. The van der Waals surface area contributed by atoms with E-state index in [4.69, 9.17) is 9.15 Å². The van der Waals surface area contributed by atoms with E-state index in [1.165, 1.54) is 25.8 Å². The largest absolute Gasteiger partial charge is 0.497 e. The van der Waals surface area contributed by atoms with Crippen molar-refractivity contribution in [2.45, 2.75) is 0 Å². The molecule has 0 aliphatic rings. The highest BCUT2D eigenvalue weighted by Crippen LogP contribution is 2.34. The number of hydrogen-bond donors (Lipinski definition) is 1. The number of nitrogens with zero attached hydrogens (tertiary/aromatic N) is 2. The lowest BCUT2D eigenvalue weighted by Gasteiger charge is -2.03. The fourth-order valence-corrected chi connectivity index (χ4v) is 3.60. The number of ether oxygens (including phenoxy) is 1. The summed E-state index contributed by atoms with van der Waals surface area (Å²) in [5, 5.41) is 3.03. The zero-order valence-electron chi connectivity index (χ0n) is 15.3. The number of thiazole rings is 1. The molecule has 3 heterocycles. The van der Waals surface area contributed by atoms with Gasteiger partial charge in [0.15, 0.2) is 10.9 Å². The molecule has 0 aliphatic heterocycles. The molecule has 8 heteroatoms. The summed E-state index contributed by atoms with van der Waals surface area (Å²) in [6, 6.07) is 13.5. The predicted molar refractivity (Wildman–Crippen MR) is 108 cm³/mol. The summed E-state index contributed by atoms with van der Waals surface area (Å²) < 4.78 is 10.6. The van der Waals surface area contributed by atoms with E-state index in [0.29, 0.717) is 38.3 Å². The van der Waals surface area contributed by atoms with Crippen molar-refractivity contribution in [3.8, 4) is 17.2 Å². The number of carbonyl (C=O) groups is 2. The van der Waals surface area contributed by atoms with E-state index in [9.17, 15) is 9.59 Å². The molecule has 0 atom stereocenters. The average Bonchev–Trinajstić information content (AvgIpc) is 3.44. The number of hydrogen-bond acceptors (Lipinski definition) is 7. The van der Waals surface area contributed by atoms with Crippen molar-refractivity contribution in [3.63, 3.8) is 0 Å². The number of amides is 1. The first kappa shape index (κ1) is 18.6. The van der Waals surface area contributed by atoms with Crippen molar-refractivity contribution in [2.75, 3.05) is 12.4 Å². The molecule has 29 heavy (non-hydrogen) atoms. The van der Waals surface area contributed by atoms with Crippen LogP contribution < -0.4 is 10.1 Å². The van der Waals surface area contributed by atoms with E-state index in [0.717, 1.165) is 11.3 Å². The van der Waals surface area contributed by atoms with Crippen LogP contribution in [0.2, 0.25) is 0 Å². The zero-order valence-corrected chi connectivity index (χ0v) is 16.1. The summed E-state index contributed by atoms with van der Waals surface area (Å²) in [5.74, 6) is 0.438. The fraction of sp³-hybridized carbons (Fsp3) is 0.0476. The number of anilines is 1. The number of rotatable bonds is 6. The van der Waals surface area contributed by atoms with Crippen LogP contribution in [-0.4, -0.2) is 28.8 Å². The molecule has 4 aromatic rings. The van der Waals surface area contributed by atoms with Gasteiger partial charge in [0.05, 0.1) is 13.4 Å². The Morgan fingerprint density at radius 1 is 1.07 bits per heavy atom. The smallest absolute Gasteiger partial charge is 0.257 e. The minimum absolute atomic E-state index is 0.239. The SMILES string of the molecule is COc1cccc(C(=O)c2sc(NC(=O)c3ccncc3)nc2-c2ccco2)c1. The molecule has 0 aliphatic carbocycles. The molecule has 7 nitrogen and oxygen atoms in total. The molecular weight excluding hydrogens is 390 g/mol. The van der Waals surface area contributed by atoms with Gasteiger partial charge in [-0.25, -0.2) is 4.98 Å². The lowest BCUT2D eigenvalue weighted by Crippen LogP contribution is -2.11. The third-order valence-electron chi connectivity index (χ3n) is 4.08. The first-order valence-corrected chi connectivity index (χ1v) is 9.42. The molecule has 0 radical (unpaired) electrons. The number of benzene rings is 1. The summed E-state index contributed by atoms with van der Waals surface area (Å²) in [5.41, 5.74) is 1.26. The van der Waals surface area contributed by atoms with Gasteiger partial charge in [-0.15, -0.1) is 0 Å². The lowest BCUT2D eigenvalue weighted by atomic mass is 10.1. The number of furan rings is 1. The van der Waals surface area contributed by atoms with Crippen molar-refractivity contribution in [2.24, 2.45) is 0 Å². The van der Waals surface area contributed by atoms with Crippen LogP contribution in [0, 0.1) is 0 Å². The maximum Gasteiger partial charge on any atom is 0.257 e. The topological polar surface area (TPSA) is 94.3 Å². The van der Waals surface area contributed by atoms with Crippen LogP contribution in [0.15, 0.2) is 71.6 Å². The molecule has 1 aromatic carbocycles. The molecule has 0 fully saturated rings. The first-order chi connectivity index (χ1) is 14.2. The van der Waals surface area contributed by atoms with Crippen molar-refractivity contribution in [3.05, 3.63) is 83.2 Å². The standard InChI is InChI=1S/C21H15N3O4S/c1-27-15-5-2-4-14(12-15)18(25)19-17(16-6-3-11-28-16)23-21(29-19)24-20(26)13-7-9-22-10-8-13/h2-12H,1H3,(H,23,24,26). The van der Waals surface area contributed by atoms with Crippen LogP contribution in [0.25, 0.3) is 11.5 Å². The number of carbonyl (C=O) groups excluding carboxylic acids is 2. The van der Waals surface area contributed by atoms with E-state index in [2.05, 4.69) is 15.3 Å². The highest BCUT2D eigenvalue weighted by molar-refractivity contribution is 7.18. The molecule has 4 rings (SSSR count). The van der Waals surface area contributed by atoms with Gasteiger partial charge < -0.3 is 9.15 Å². The molecular formula is C21H15N3O4S. The molecule has 0 unspecified atom stereocenters. The Labute approximate surface area is 170 Å². The minimum Gasteiger partial charge on any atom is -0.497 e. The van der Waals surface area contributed by atoms with Crippen LogP contribution >= 0.6 is 11.3 Å². The molecule has 0 saturated heterocycles. The first-order valence-electron chi connectivity index (χ1n) is 8.60. The second-order valence-corrected chi connectivity index (χ2v) is 6.92. The van der Waals surface area contributed by atoms with Crippen LogP contribution in [0.3, 0.4) is 0 Å². The van der Waals surface area contributed by atoms with E-state index in [1.807, 2.05) is 0 Å². The number of nitrogens with one attached hydrogen (secondary N) is 1. The Hall–Kier alpha value is -3.78. The molecule has 1 amide bonds. The predicted octanol–water partition coefficient (Wildman–Crippen LogP) is 4.29. The highest BCUT2D eigenvalue weighted by Gasteiger charge is 2.23. The Balaban J connectivity index is 1.71.